The number of anilines is 3. The molecule has 0 spiro atoms. The van der Waals surface area contributed by atoms with E-state index in [1.165, 1.54) is 30.3 Å². The first-order valence-corrected chi connectivity index (χ1v) is 8.72. The number of para-hydroxylation sites is 1. The number of amides is 2. The van der Waals surface area contributed by atoms with Gasteiger partial charge in [0.25, 0.3) is 0 Å². The number of benzene rings is 2. The van der Waals surface area contributed by atoms with E-state index in [1.807, 2.05) is 0 Å². The van der Waals surface area contributed by atoms with Crippen LogP contribution in [-0.4, -0.2) is 24.1 Å². The lowest BCUT2D eigenvalue weighted by Crippen LogP contribution is -2.34. The van der Waals surface area contributed by atoms with E-state index in [9.17, 15) is 18.4 Å². The van der Waals surface area contributed by atoms with Crippen LogP contribution >= 0.6 is 0 Å². The molecular formula is C20H23F2N3O3. The number of carbonyl (C=O) groups is 2. The van der Waals surface area contributed by atoms with Crippen LogP contribution < -0.4 is 16.0 Å². The summed E-state index contributed by atoms with van der Waals surface area (Å²) in [7, 11) is 0. The zero-order valence-corrected chi connectivity index (χ0v) is 15.9. The van der Waals surface area contributed by atoms with Crippen molar-refractivity contribution in [2.45, 2.75) is 32.8 Å². The first-order valence-electron chi connectivity index (χ1n) is 8.72. The van der Waals surface area contributed by atoms with Crippen LogP contribution in [0.2, 0.25) is 0 Å². The van der Waals surface area contributed by atoms with Crippen molar-refractivity contribution >= 4 is 29.1 Å². The normalized spacial score (nSPS) is 10.9. The number of nitrogens with one attached hydrogen (secondary N) is 3. The highest BCUT2D eigenvalue weighted by atomic mass is 19.1. The average molecular weight is 391 g/mol. The summed E-state index contributed by atoms with van der Waals surface area (Å²) in [5.41, 5.74) is 0.00829. The van der Waals surface area contributed by atoms with Crippen molar-refractivity contribution in [3.8, 4) is 0 Å². The van der Waals surface area contributed by atoms with Gasteiger partial charge in [0.1, 0.15) is 17.2 Å². The second-order valence-electron chi connectivity index (χ2n) is 7.02. The van der Waals surface area contributed by atoms with E-state index < -0.39 is 29.2 Å². The van der Waals surface area contributed by atoms with Gasteiger partial charge in [0.05, 0.1) is 17.1 Å². The van der Waals surface area contributed by atoms with Crippen LogP contribution in [0.15, 0.2) is 42.5 Å². The predicted molar refractivity (Wildman–Crippen MR) is 104 cm³/mol. The topological polar surface area (TPSA) is 79.5 Å². The van der Waals surface area contributed by atoms with Crippen molar-refractivity contribution in [1.82, 2.24) is 5.32 Å². The molecule has 150 valence electrons. The Morgan fingerprint density at radius 3 is 2.39 bits per heavy atom. The van der Waals surface area contributed by atoms with Gasteiger partial charge in [-0.1, -0.05) is 12.1 Å². The van der Waals surface area contributed by atoms with Gasteiger partial charge in [-0.2, -0.15) is 0 Å². The van der Waals surface area contributed by atoms with Crippen molar-refractivity contribution < 1.29 is 23.1 Å². The second kappa shape index (κ2) is 9.16. The molecule has 0 aliphatic carbocycles. The Morgan fingerprint density at radius 1 is 1.00 bits per heavy atom. The molecule has 3 N–H and O–H groups in total. The Labute approximate surface area is 162 Å². The minimum atomic E-state index is -0.631. The number of hydrogen-bond donors (Lipinski definition) is 3. The van der Waals surface area contributed by atoms with Crippen LogP contribution in [0.3, 0.4) is 0 Å². The molecule has 2 rings (SSSR count). The zero-order chi connectivity index (χ0) is 20.7. The Kier molecular flexibility index (Phi) is 6.92. The molecule has 0 aliphatic rings. The summed E-state index contributed by atoms with van der Waals surface area (Å²) < 4.78 is 32.5. The lowest BCUT2D eigenvalue weighted by atomic mass is 10.2. The van der Waals surface area contributed by atoms with Crippen LogP contribution in [0.25, 0.3) is 0 Å². The van der Waals surface area contributed by atoms with Gasteiger partial charge in [0.2, 0.25) is 5.91 Å². The molecule has 0 unspecified atom stereocenters. The highest BCUT2D eigenvalue weighted by Crippen LogP contribution is 2.28. The summed E-state index contributed by atoms with van der Waals surface area (Å²) in [5, 5.41) is 7.86. The minimum absolute atomic E-state index is 0.0181. The van der Waals surface area contributed by atoms with E-state index >= 15 is 0 Å². The molecule has 0 heterocycles. The molecule has 0 saturated heterocycles. The molecular weight excluding hydrogens is 368 g/mol. The number of carbonyl (C=O) groups excluding carboxylic acids is 2. The fraction of sp³-hybridized carbons (Fsp3) is 0.300. The van der Waals surface area contributed by atoms with Gasteiger partial charge in [-0.3, -0.25) is 4.79 Å². The molecule has 0 radical (unpaired) electrons. The third-order valence-electron chi connectivity index (χ3n) is 3.42. The number of ether oxygens (including phenoxy) is 1. The number of hydrogen-bond acceptors (Lipinski definition) is 4. The largest absolute Gasteiger partial charge is 0.444 e. The second-order valence-corrected chi connectivity index (χ2v) is 7.02. The Bertz CT molecular complexity index is 851. The number of alkyl carbamates (subject to hydrolysis) is 1. The molecule has 0 atom stereocenters. The van der Waals surface area contributed by atoms with E-state index in [0.717, 1.165) is 6.07 Å². The van der Waals surface area contributed by atoms with Crippen molar-refractivity contribution in [3.63, 3.8) is 0 Å². The molecule has 2 aromatic rings. The molecule has 8 heteroatoms. The fourth-order valence-electron chi connectivity index (χ4n) is 2.24. The fourth-order valence-corrected chi connectivity index (χ4v) is 2.24. The third kappa shape index (κ3) is 6.86. The quantitative estimate of drug-likeness (QED) is 0.674. The molecule has 0 aliphatic heterocycles. The van der Waals surface area contributed by atoms with E-state index in [1.54, 1.807) is 26.8 Å². The van der Waals surface area contributed by atoms with Crippen molar-refractivity contribution in [1.29, 1.82) is 0 Å². The molecule has 2 aromatic carbocycles. The summed E-state index contributed by atoms with van der Waals surface area (Å²) in [4.78, 5) is 23.7. The smallest absolute Gasteiger partial charge is 0.407 e. The van der Waals surface area contributed by atoms with Crippen LogP contribution in [0.1, 0.15) is 27.2 Å². The maximum Gasteiger partial charge on any atom is 0.407 e. The van der Waals surface area contributed by atoms with Crippen molar-refractivity contribution in [2.75, 3.05) is 17.2 Å². The lowest BCUT2D eigenvalue weighted by molar-refractivity contribution is -0.116. The minimum Gasteiger partial charge on any atom is -0.444 e. The lowest BCUT2D eigenvalue weighted by Gasteiger charge is -2.19. The monoisotopic (exact) mass is 391 g/mol. The number of halogens is 2. The molecule has 0 saturated carbocycles. The van der Waals surface area contributed by atoms with Gasteiger partial charge in [0, 0.05) is 13.0 Å². The van der Waals surface area contributed by atoms with Gasteiger partial charge in [-0.05, 0) is 51.1 Å². The van der Waals surface area contributed by atoms with E-state index in [-0.39, 0.29) is 30.0 Å². The van der Waals surface area contributed by atoms with Gasteiger partial charge in [-0.25, -0.2) is 13.6 Å². The number of rotatable bonds is 6. The molecule has 6 nitrogen and oxygen atoms in total. The van der Waals surface area contributed by atoms with E-state index in [2.05, 4.69) is 16.0 Å². The summed E-state index contributed by atoms with van der Waals surface area (Å²) in [6, 6.07) is 9.64. The van der Waals surface area contributed by atoms with Crippen LogP contribution in [0, 0.1) is 11.6 Å². The highest BCUT2D eigenvalue weighted by molar-refractivity contribution is 5.95. The average Bonchev–Trinajstić information content (AvgIpc) is 2.57. The van der Waals surface area contributed by atoms with E-state index in [4.69, 9.17) is 4.74 Å². The zero-order valence-electron chi connectivity index (χ0n) is 15.9. The summed E-state index contributed by atoms with van der Waals surface area (Å²) in [6.07, 6.45) is -0.639. The van der Waals surface area contributed by atoms with Crippen LogP contribution in [0.4, 0.5) is 30.6 Å². The molecule has 0 fully saturated rings. The Morgan fingerprint density at radius 2 is 1.71 bits per heavy atom. The highest BCUT2D eigenvalue weighted by Gasteiger charge is 2.16. The molecule has 2 amide bonds. The summed E-state index contributed by atoms with van der Waals surface area (Å²) in [5.74, 6) is -1.45. The maximum absolute atomic E-state index is 13.8. The SMILES string of the molecule is CC(C)(C)OC(=O)NCCC(=O)Nc1ccc(F)cc1Nc1ccccc1F. The van der Waals surface area contributed by atoms with Gasteiger partial charge in [-0.15, -0.1) is 0 Å². The van der Waals surface area contributed by atoms with E-state index in [0.29, 0.717) is 0 Å². The van der Waals surface area contributed by atoms with Crippen molar-refractivity contribution in [3.05, 3.63) is 54.1 Å². The van der Waals surface area contributed by atoms with Crippen LogP contribution in [0.5, 0.6) is 0 Å². The first-order chi connectivity index (χ1) is 13.1. The first kappa shape index (κ1) is 21.1. The molecule has 28 heavy (non-hydrogen) atoms. The third-order valence-corrected chi connectivity index (χ3v) is 3.42. The summed E-state index contributed by atoms with van der Waals surface area (Å²) >= 11 is 0. The van der Waals surface area contributed by atoms with Crippen molar-refractivity contribution in [2.24, 2.45) is 0 Å². The predicted octanol–water partition coefficient (Wildman–Crippen LogP) is 4.56. The Hall–Kier alpha value is -3.16. The molecule has 0 bridgehead atoms. The summed E-state index contributed by atoms with van der Waals surface area (Å²) in [6.45, 7) is 5.27. The standard InChI is InChI=1S/C20H23F2N3O3/c1-20(2,3)28-19(27)23-11-10-18(26)25-16-9-8-13(21)12-17(16)24-15-7-5-4-6-14(15)22/h4-9,12,24H,10-11H2,1-3H3,(H,23,27)(H,25,26). The molecule has 0 aromatic heterocycles. The maximum atomic E-state index is 13.8. The van der Waals surface area contributed by atoms with Crippen LogP contribution in [-0.2, 0) is 9.53 Å². The van der Waals surface area contributed by atoms with Gasteiger partial charge in [0.15, 0.2) is 0 Å². The van der Waals surface area contributed by atoms with Gasteiger partial charge >= 0.3 is 6.09 Å². The van der Waals surface area contributed by atoms with Gasteiger partial charge < -0.3 is 20.7 Å². The Balaban J connectivity index is 1.97.